The molecule has 0 N–H and O–H groups in total. The van der Waals surface area contributed by atoms with Crippen LogP contribution >= 0.6 is 0 Å². The number of hydrogen-bond donors (Lipinski definition) is 0. The van der Waals surface area contributed by atoms with Gasteiger partial charge in [0.15, 0.2) is 73.4 Å². The van der Waals surface area contributed by atoms with Gasteiger partial charge in [-0.05, 0) is 258 Å². The van der Waals surface area contributed by atoms with Gasteiger partial charge in [0.2, 0.25) is 0 Å². The fraction of sp³-hybridized carbons (Fsp3) is 0.174. The maximum atomic E-state index is 2.34. The fourth-order valence-electron chi connectivity index (χ4n) is 13.5. The maximum absolute atomic E-state index is 2.34. The molecule has 0 atom stereocenters. The Kier molecular flexibility index (Phi) is 30.8. The van der Waals surface area contributed by atoms with E-state index in [1.54, 1.807) is 0 Å². The van der Waals surface area contributed by atoms with Crippen LogP contribution in [-0.2, 0) is 71.7 Å². The van der Waals surface area contributed by atoms with Gasteiger partial charge in [-0.25, -0.2) is 0 Å². The van der Waals surface area contributed by atoms with Crippen molar-refractivity contribution in [3.8, 4) is 0 Å². The molecule has 574 valence electrons. The minimum Gasteiger partial charge on any atom is -0.0625 e. The van der Waals surface area contributed by atoms with Gasteiger partial charge in [-0.15, -0.1) is 0 Å². The molecule has 114 heavy (non-hydrogen) atoms. The lowest BCUT2D eigenvalue weighted by Gasteiger charge is -2.20. The van der Waals surface area contributed by atoms with Crippen LogP contribution in [0.5, 0.6) is 0 Å². The Hall–Kier alpha value is -9.95. The predicted molar refractivity (Wildman–Crippen MR) is 497 cm³/mol. The second-order valence-electron chi connectivity index (χ2n) is 31.5. The fourth-order valence-corrected chi connectivity index (χ4v) is 24.1. The molecule has 0 aliphatic rings. The van der Waals surface area contributed by atoms with Gasteiger partial charge in [0, 0.05) is 11.1 Å². The summed E-state index contributed by atoms with van der Waals surface area (Å²) >= 11 is 0. The molecule has 0 aliphatic heterocycles. The number of rotatable bonds is 17. The van der Waals surface area contributed by atoms with E-state index in [1.807, 2.05) is 0 Å². The Morgan fingerprint density at radius 1 is 0.202 bits per heavy atom. The zero-order chi connectivity index (χ0) is 80.6. The molecule has 0 spiro atoms. The summed E-state index contributed by atoms with van der Waals surface area (Å²) in [5.74, 6) is 0.680. The van der Waals surface area contributed by atoms with Crippen molar-refractivity contribution in [3.05, 3.63) is 450 Å². The summed E-state index contributed by atoms with van der Waals surface area (Å²) in [5.41, 5.74) is 13.9. The Labute approximate surface area is 699 Å². The number of hydrogen-bond acceptors (Lipinski definition) is 0. The molecule has 0 amide bonds. The second-order valence-corrected chi connectivity index (χ2v) is 41.6. The summed E-state index contributed by atoms with van der Waals surface area (Å²) in [5, 5.41) is 0. The molecule has 0 saturated carbocycles. The quantitative estimate of drug-likeness (QED) is 0.0797. The van der Waals surface area contributed by atoms with Crippen LogP contribution in [0, 0.1) is 54.4 Å². The molecule has 0 aromatic heterocycles. The van der Waals surface area contributed by atoms with E-state index >= 15 is 0 Å². The second kappa shape index (κ2) is 41.4. The zero-order valence-corrected chi connectivity index (χ0v) is 73.4. The van der Waals surface area contributed by atoms with E-state index in [4.69, 9.17) is 0 Å². The van der Waals surface area contributed by atoms with E-state index in [2.05, 4.69) is 498 Å². The van der Waals surface area contributed by atoms with Crippen LogP contribution in [0.2, 0.25) is 0 Å². The predicted octanol–water partition coefficient (Wildman–Crippen LogP) is 29.9. The van der Waals surface area contributed by atoms with Gasteiger partial charge >= 0.3 is 0 Å². The van der Waals surface area contributed by atoms with E-state index in [0.717, 1.165) is 6.42 Å². The van der Waals surface area contributed by atoms with Crippen molar-refractivity contribution in [1.82, 2.24) is 0 Å². The molecule has 0 unspecified atom stereocenters. The molecule has 0 aliphatic carbocycles. The first kappa shape index (κ1) is 84.9. The zero-order valence-electron chi connectivity index (χ0n) is 69.4. The minimum absolute atomic E-state index is 0.0146. The molecule has 5 heteroatoms. The monoisotopic (exact) mass is 1580 g/mol. The summed E-state index contributed by atoms with van der Waals surface area (Å²) in [4.78, 5) is 20.7. The summed E-state index contributed by atoms with van der Waals surface area (Å²) in [6.45, 7) is 33.4. The molecule has 0 saturated heterocycles. The average Bonchev–Trinajstić information content (AvgIpc) is 0.747. The third kappa shape index (κ3) is 24.1. The topological polar surface area (TPSA) is 0 Å². The lowest BCUT2D eigenvalue weighted by atomic mass is 9.87. The van der Waals surface area contributed by atoms with Gasteiger partial charge in [-0.2, -0.15) is 0 Å². The highest BCUT2D eigenvalue weighted by Gasteiger charge is 2.35. The Morgan fingerprint density at radius 3 is 0.570 bits per heavy atom. The van der Waals surface area contributed by atoms with E-state index in [-0.39, 0.29) is 65.3 Å². The largest absolute Gasteiger partial charge is 0.172 e. The third-order valence-corrected chi connectivity index (χ3v) is 30.9. The molecule has 15 aromatic rings. The van der Waals surface area contributed by atoms with Crippen LogP contribution in [0.1, 0.15) is 111 Å². The molecular formula is C109H113S5+5. The number of benzene rings is 15. The molecule has 15 rings (SSSR count). The highest BCUT2D eigenvalue weighted by molar-refractivity contribution is 7.98. The van der Waals surface area contributed by atoms with Gasteiger partial charge < -0.3 is 0 Å². The van der Waals surface area contributed by atoms with E-state index in [1.165, 1.54) is 129 Å². The van der Waals surface area contributed by atoms with Crippen LogP contribution in [-0.4, -0.2) is 0 Å². The molecule has 0 fully saturated rings. The first-order valence-corrected chi connectivity index (χ1v) is 45.9. The van der Waals surface area contributed by atoms with Crippen molar-refractivity contribution in [2.24, 2.45) is 5.92 Å². The Morgan fingerprint density at radius 2 is 0.377 bits per heavy atom. The first-order valence-electron chi connectivity index (χ1n) is 39.8. The smallest absolute Gasteiger partial charge is 0.0625 e. The van der Waals surface area contributed by atoms with Crippen LogP contribution in [0.4, 0.5) is 0 Å². The highest BCUT2D eigenvalue weighted by Crippen LogP contribution is 2.39. The van der Waals surface area contributed by atoms with Crippen molar-refractivity contribution in [2.75, 3.05) is 0 Å². The van der Waals surface area contributed by atoms with E-state index in [9.17, 15) is 0 Å². The summed E-state index contributed by atoms with van der Waals surface area (Å²) in [7, 11) is -0.229. The van der Waals surface area contributed by atoms with Gasteiger partial charge in [-0.3, -0.25) is 0 Å². The Balaban J connectivity index is 0.000000142. The number of aryl methyl sites for hydroxylation is 7. The average molecular weight is 1580 g/mol. The van der Waals surface area contributed by atoms with Crippen LogP contribution in [0.15, 0.2) is 468 Å². The van der Waals surface area contributed by atoms with Crippen LogP contribution in [0.25, 0.3) is 0 Å². The lowest BCUT2D eigenvalue weighted by molar-refractivity contribution is 0.589. The Bertz CT molecular complexity index is 4960. The summed E-state index contributed by atoms with van der Waals surface area (Å²) in [6, 6.07) is 144. The van der Waals surface area contributed by atoms with Gasteiger partial charge in [-0.1, -0.05) is 308 Å². The van der Waals surface area contributed by atoms with E-state index < -0.39 is 0 Å². The van der Waals surface area contributed by atoms with Crippen molar-refractivity contribution in [1.29, 1.82) is 0 Å². The molecule has 0 nitrogen and oxygen atoms in total. The van der Waals surface area contributed by atoms with E-state index in [0.29, 0.717) is 5.92 Å². The maximum Gasteiger partial charge on any atom is 0.172 e. The normalized spacial score (nSPS) is 11.3. The molecule has 0 radical (unpaired) electrons. The first-order chi connectivity index (χ1) is 55.0. The van der Waals surface area contributed by atoms with Crippen molar-refractivity contribution in [2.45, 2.75) is 195 Å². The lowest BCUT2D eigenvalue weighted by Crippen LogP contribution is -2.13. The van der Waals surface area contributed by atoms with Crippen molar-refractivity contribution in [3.63, 3.8) is 0 Å². The van der Waals surface area contributed by atoms with Crippen molar-refractivity contribution >= 4 is 54.5 Å². The standard InChI is InChI=1S/C30H39S.2C21H21S.C19H17S.C18H15S/c1-22(2)21-23-9-15-26(16-10-23)31(27-17-11-24(12-18-27)29(3,4)5)28-19-13-25(14-20-28)30(6,7)8;1-16-4-10-19(11-5-16)22(20-12-6-17(2)7-13-20)21-14-8-18(3)9-15-21;1-16-14-17(2)21(18(3)15-16)22(19-10-6-4-7-11-19)20-12-8-5-9-13-20;1-16-12-14-19(15-13-16)20(17-8-4-2-5-9-17)18-10-6-3-7-11-18;1-4-10-16(11-5-1)19(17-12-6-2-7-13-17)18-14-8-3-9-15-18/h9-20,22H,21H2,1-8H3;2*4-15H,1-3H3;2-15H,1H3;1-15H/q5*+1. The highest BCUT2D eigenvalue weighted by atomic mass is 32.2. The van der Waals surface area contributed by atoms with Gasteiger partial charge in [0.05, 0.1) is 54.5 Å². The summed E-state index contributed by atoms with van der Waals surface area (Å²) < 4.78 is 0. The summed E-state index contributed by atoms with van der Waals surface area (Å²) in [6.07, 6.45) is 1.13. The van der Waals surface area contributed by atoms with Crippen molar-refractivity contribution < 1.29 is 0 Å². The van der Waals surface area contributed by atoms with Gasteiger partial charge in [0.1, 0.15) is 0 Å². The minimum atomic E-state index is -0.106. The van der Waals surface area contributed by atoms with Crippen LogP contribution in [0.3, 0.4) is 0 Å². The van der Waals surface area contributed by atoms with Crippen LogP contribution < -0.4 is 0 Å². The molecular weight excluding hydrogens is 1470 g/mol. The SMILES string of the molecule is CC(C)Cc1ccc([S+](c2ccc(C(C)(C)C)cc2)c2ccc(C(C)(C)C)cc2)cc1.Cc1cc(C)c([S+](c2ccccc2)c2ccccc2)c(C)c1.Cc1ccc([S+](c2ccc(C)cc2)c2ccc(C)cc2)cc1.Cc1ccc([S+](c2ccccc2)c2ccccc2)cc1.c1ccc([S+](c2ccccc2)c2ccccc2)cc1. The third-order valence-electron chi connectivity index (χ3n) is 19.4. The molecule has 15 aromatic carbocycles. The van der Waals surface area contributed by atoms with Gasteiger partial charge in [0.25, 0.3) is 0 Å². The molecule has 0 bridgehead atoms. The molecule has 0 heterocycles.